The van der Waals surface area contributed by atoms with Crippen LogP contribution < -0.4 is 5.11 Å². The number of fused-ring (bicyclic) bond motifs is 1. The molecular formula is C24H21Br2N2O3-. The number of carbonyl (C=O) groups excluding carboxylic acids is 2. The second-order valence-electron chi connectivity index (χ2n) is 7.81. The van der Waals surface area contributed by atoms with Gasteiger partial charge in [-0.1, -0.05) is 56.1 Å². The minimum atomic E-state index is -1.23. The van der Waals surface area contributed by atoms with E-state index in [-0.39, 0.29) is 30.7 Å². The number of aliphatic carboxylic acids is 1. The van der Waals surface area contributed by atoms with Gasteiger partial charge >= 0.3 is 0 Å². The van der Waals surface area contributed by atoms with Crippen molar-refractivity contribution >= 4 is 55.5 Å². The molecule has 0 unspecified atom stereocenters. The molecule has 1 saturated carbocycles. The molecule has 1 aliphatic heterocycles. The van der Waals surface area contributed by atoms with Crippen LogP contribution in [-0.4, -0.2) is 22.6 Å². The lowest BCUT2D eigenvalue weighted by atomic mass is 9.77. The maximum Gasteiger partial charge on any atom is 0.243 e. The lowest BCUT2D eigenvalue weighted by Crippen LogP contribution is -2.33. The molecule has 1 aliphatic carbocycles. The molecule has 2 aromatic carbocycles. The first-order chi connectivity index (χ1) is 14.9. The van der Waals surface area contributed by atoms with Crippen LogP contribution in [0.3, 0.4) is 0 Å². The molecule has 160 valence electrons. The fraction of sp³-hybridized carbons (Fsp3) is 0.292. The van der Waals surface area contributed by atoms with E-state index in [4.69, 9.17) is 5.10 Å². The zero-order valence-corrected chi connectivity index (χ0v) is 19.9. The summed E-state index contributed by atoms with van der Waals surface area (Å²) in [7, 11) is 0. The predicted molar refractivity (Wildman–Crippen MR) is 125 cm³/mol. The van der Waals surface area contributed by atoms with Crippen molar-refractivity contribution in [3.05, 3.63) is 74.2 Å². The van der Waals surface area contributed by atoms with Crippen LogP contribution in [-0.2, 0) is 9.59 Å². The van der Waals surface area contributed by atoms with Crippen molar-refractivity contribution in [2.24, 2.45) is 11.0 Å². The Bertz CT molecular complexity index is 1050. The molecule has 0 radical (unpaired) electrons. The summed E-state index contributed by atoms with van der Waals surface area (Å²) in [5, 5.41) is 17.2. The van der Waals surface area contributed by atoms with Gasteiger partial charge in [-0.15, -0.1) is 0 Å². The highest BCUT2D eigenvalue weighted by Crippen LogP contribution is 2.44. The van der Waals surface area contributed by atoms with Gasteiger partial charge < -0.3 is 9.90 Å². The second-order valence-corrected chi connectivity index (χ2v) is 9.64. The van der Waals surface area contributed by atoms with Crippen molar-refractivity contribution in [1.29, 1.82) is 0 Å². The topological polar surface area (TPSA) is 72.8 Å². The van der Waals surface area contributed by atoms with Crippen LogP contribution in [0.15, 0.2) is 68.2 Å². The van der Waals surface area contributed by atoms with E-state index in [1.807, 2.05) is 48.5 Å². The van der Waals surface area contributed by atoms with Crippen LogP contribution in [0.25, 0.3) is 6.08 Å². The Labute approximate surface area is 198 Å². The lowest BCUT2D eigenvalue weighted by molar-refractivity contribution is -0.305. The zero-order valence-electron chi connectivity index (χ0n) is 16.8. The Morgan fingerprint density at radius 2 is 1.68 bits per heavy atom. The van der Waals surface area contributed by atoms with Gasteiger partial charge in [0, 0.05) is 27.3 Å². The fourth-order valence-corrected chi connectivity index (χ4v) is 4.81. The minimum absolute atomic E-state index is 0.0866. The van der Waals surface area contributed by atoms with E-state index < -0.39 is 5.97 Å². The molecule has 1 amide bonds. The van der Waals surface area contributed by atoms with E-state index in [0.717, 1.165) is 50.6 Å². The molecule has 1 fully saturated rings. The SMILES string of the molecule is O=C([O-])CCC(=O)N1N=C2/C(=C/c3ccc(Br)cc3)CCC[C@@H]2[C@H]1c1ccc(Br)cc1. The number of carbonyl (C=O) groups is 2. The zero-order chi connectivity index (χ0) is 22.0. The third-order valence-electron chi connectivity index (χ3n) is 5.72. The smallest absolute Gasteiger partial charge is 0.243 e. The summed E-state index contributed by atoms with van der Waals surface area (Å²) >= 11 is 6.93. The fourth-order valence-electron chi connectivity index (χ4n) is 4.28. The average Bonchev–Trinajstić information content (AvgIpc) is 3.15. The van der Waals surface area contributed by atoms with Crippen LogP contribution in [0.1, 0.15) is 49.3 Å². The number of hydrogen-bond acceptors (Lipinski definition) is 4. The van der Waals surface area contributed by atoms with Gasteiger partial charge in [0.25, 0.3) is 0 Å². The van der Waals surface area contributed by atoms with Crippen LogP contribution in [0.4, 0.5) is 0 Å². The van der Waals surface area contributed by atoms with E-state index in [0.29, 0.717) is 0 Å². The summed E-state index contributed by atoms with van der Waals surface area (Å²) in [4.78, 5) is 23.8. The van der Waals surface area contributed by atoms with Crippen molar-refractivity contribution in [3.8, 4) is 0 Å². The molecule has 1 heterocycles. The van der Waals surface area contributed by atoms with Gasteiger partial charge in [-0.2, -0.15) is 5.10 Å². The third-order valence-corrected chi connectivity index (χ3v) is 6.78. The molecule has 2 aliphatic rings. The van der Waals surface area contributed by atoms with Gasteiger partial charge in [0.1, 0.15) is 0 Å². The molecule has 2 aromatic rings. The van der Waals surface area contributed by atoms with E-state index in [9.17, 15) is 14.7 Å². The van der Waals surface area contributed by atoms with Crippen molar-refractivity contribution in [2.45, 2.75) is 38.1 Å². The maximum absolute atomic E-state index is 12.9. The number of halogens is 2. The Kier molecular flexibility index (Phi) is 6.72. The molecule has 0 N–H and O–H groups in total. The summed E-state index contributed by atoms with van der Waals surface area (Å²) in [6.45, 7) is 0. The number of carboxylic acid groups (broad SMARTS) is 1. The number of nitrogens with zero attached hydrogens (tertiary/aromatic N) is 2. The second kappa shape index (κ2) is 9.49. The Hall–Kier alpha value is -2.25. The van der Waals surface area contributed by atoms with Crippen molar-refractivity contribution < 1.29 is 14.7 Å². The summed E-state index contributed by atoms with van der Waals surface area (Å²) in [5.74, 6) is -1.43. The van der Waals surface area contributed by atoms with Gasteiger partial charge in [0.05, 0.1) is 11.8 Å². The first-order valence-corrected chi connectivity index (χ1v) is 11.8. The molecule has 5 nitrogen and oxygen atoms in total. The maximum atomic E-state index is 12.9. The van der Waals surface area contributed by atoms with Gasteiger partial charge in [-0.05, 0) is 72.7 Å². The molecule has 2 atom stereocenters. The first-order valence-electron chi connectivity index (χ1n) is 10.2. The molecule has 0 bridgehead atoms. The minimum Gasteiger partial charge on any atom is -0.550 e. The van der Waals surface area contributed by atoms with Crippen molar-refractivity contribution in [2.75, 3.05) is 0 Å². The summed E-state index contributed by atoms with van der Waals surface area (Å²) in [6, 6.07) is 15.8. The van der Waals surface area contributed by atoms with Gasteiger partial charge in [-0.3, -0.25) is 4.79 Å². The van der Waals surface area contributed by atoms with Crippen molar-refractivity contribution in [1.82, 2.24) is 5.01 Å². The summed E-state index contributed by atoms with van der Waals surface area (Å²) < 4.78 is 1.99. The number of hydrogen-bond donors (Lipinski definition) is 0. The molecular weight excluding hydrogens is 524 g/mol. The van der Waals surface area contributed by atoms with Crippen LogP contribution >= 0.6 is 31.9 Å². The predicted octanol–water partition coefficient (Wildman–Crippen LogP) is 4.86. The first kappa shape index (κ1) is 22.0. The highest BCUT2D eigenvalue weighted by Gasteiger charge is 2.43. The molecule has 4 rings (SSSR count). The monoisotopic (exact) mass is 543 g/mol. The van der Waals surface area contributed by atoms with E-state index in [2.05, 4.69) is 37.9 Å². The largest absolute Gasteiger partial charge is 0.550 e. The number of allylic oxidation sites excluding steroid dienone is 1. The number of rotatable bonds is 5. The quantitative estimate of drug-likeness (QED) is 0.539. The molecule has 31 heavy (non-hydrogen) atoms. The summed E-state index contributed by atoms with van der Waals surface area (Å²) in [6.07, 6.45) is 4.57. The lowest BCUT2D eigenvalue weighted by Gasteiger charge is -2.29. The van der Waals surface area contributed by atoms with Crippen LogP contribution in [0, 0.1) is 5.92 Å². The van der Waals surface area contributed by atoms with Gasteiger partial charge in [0.2, 0.25) is 5.91 Å². The van der Waals surface area contributed by atoms with Gasteiger partial charge in [0.15, 0.2) is 0 Å². The van der Waals surface area contributed by atoms with E-state index >= 15 is 0 Å². The Balaban J connectivity index is 1.70. The van der Waals surface area contributed by atoms with Crippen molar-refractivity contribution in [3.63, 3.8) is 0 Å². The molecule has 0 aromatic heterocycles. The standard InChI is InChI=1S/C24H22Br2N2O3/c25-18-8-4-15(5-9-18)14-17-2-1-3-20-23(17)27-28(21(29)12-13-22(30)31)24(20)16-6-10-19(26)11-7-16/h4-11,14,20,24H,1-3,12-13H2,(H,30,31)/p-1/b17-14+/t20-,24+/m0/s1. The molecule has 0 saturated heterocycles. The van der Waals surface area contributed by atoms with Gasteiger partial charge in [-0.25, -0.2) is 5.01 Å². The average molecular weight is 545 g/mol. The highest BCUT2D eigenvalue weighted by atomic mass is 79.9. The molecule has 7 heteroatoms. The number of benzene rings is 2. The third kappa shape index (κ3) is 4.99. The summed E-state index contributed by atoms with van der Waals surface area (Å²) in [5.41, 5.74) is 4.15. The normalized spacial score (nSPS) is 21.7. The van der Waals surface area contributed by atoms with Crippen LogP contribution in [0.2, 0.25) is 0 Å². The molecule has 0 spiro atoms. The Morgan fingerprint density at radius 3 is 2.32 bits per heavy atom. The highest BCUT2D eigenvalue weighted by molar-refractivity contribution is 9.10. The number of hydrazone groups is 1. The Morgan fingerprint density at radius 1 is 1.03 bits per heavy atom. The number of carboxylic acids is 1. The van der Waals surface area contributed by atoms with E-state index in [1.165, 1.54) is 5.01 Å². The van der Waals surface area contributed by atoms with Crippen LogP contribution in [0.5, 0.6) is 0 Å². The van der Waals surface area contributed by atoms with E-state index in [1.54, 1.807) is 0 Å². The number of amides is 1.